The van der Waals surface area contributed by atoms with Crippen molar-refractivity contribution in [2.24, 2.45) is 0 Å². The minimum Gasteiger partial charge on any atom is -0.349 e. The van der Waals surface area contributed by atoms with Gasteiger partial charge in [-0.25, -0.2) is 0 Å². The van der Waals surface area contributed by atoms with E-state index in [-0.39, 0.29) is 17.2 Å². The molecule has 0 aromatic heterocycles. The molecule has 0 saturated heterocycles. The molecule has 2 nitrogen and oxygen atoms in total. The monoisotopic (exact) mass is 313 g/mol. The second-order valence-corrected chi connectivity index (χ2v) is 7.08. The van der Waals surface area contributed by atoms with Crippen LogP contribution in [0.4, 0.5) is 0 Å². The molecule has 0 saturated carbocycles. The van der Waals surface area contributed by atoms with Gasteiger partial charge in [-0.15, -0.1) is 11.8 Å². The van der Waals surface area contributed by atoms with Crippen LogP contribution in [0.1, 0.15) is 36.6 Å². The molecular weight excluding hydrogens is 290 g/mol. The first-order chi connectivity index (χ1) is 10.5. The Morgan fingerprint density at radius 3 is 2.41 bits per heavy atom. The Kier molecular flexibility index (Phi) is 5.67. The molecule has 0 spiro atoms. The van der Waals surface area contributed by atoms with Crippen molar-refractivity contribution in [1.82, 2.24) is 5.32 Å². The van der Waals surface area contributed by atoms with Crippen LogP contribution in [-0.4, -0.2) is 11.2 Å². The SMILES string of the molecule is Cc1ccc(C)c([C@@H](C)NC(=O)[C@H](C)Sc2ccccc2)c1. The van der Waals surface area contributed by atoms with Gasteiger partial charge in [0, 0.05) is 4.90 Å². The van der Waals surface area contributed by atoms with E-state index in [9.17, 15) is 4.79 Å². The van der Waals surface area contributed by atoms with Gasteiger partial charge in [0.05, 0.1) is 11.3 Å². The second kappa shape index (κ2) is 7.50. The van der Waals surface area contributed by atoms with Gasteiger partial charge < -0.3 is 5.32 Å². The van der Waals surface area contributed by atoms with Gasteiger partial charge in [-0.3, -0.25) is 4.79 Å². The zero-order valence-corrected chi connectivity index (χ0v) is 14.4. The number of aryl methyl sites for hydroxylation is 2. The van der Waals surface area contributed by atoms with Gasteiger partial charge in [-0.05, 0) is 51.0 Å². The summed E-state index contributed by atoms with van der Waals surface area (Å²) in [5.74, 6) is 0.0715. The van der Waals surface area contributed by atoms with Crippen molar-refractivity contribution in [3.63, 3.8) is 0 Å². The van der Waals surface area contributed by atoms with Crippen molar-refractivity contribution in [2.45, 2.75) is 43.9 Å². The van der Waals surface area contributed by atoms with Crippen molar-refractivity contribution in [2.75, 3.05) is 0 Å². The van der Waals surface area contributed by atoms with E-state index in [1.807, 2.05) is 44.2 Å². The van der Waals surface area contributed by atoms with Gasteiger partial charge in [0.15, 0.2) is 0 Å². The lowest BCUT2D eigenvalue weighted by atomic mass is 10.00. The van der Waals surface area contributed by atoms with Gasteiger partial charge in [0.2, 0.25) is 5.91 Å². The van der Waals surface area contributed by atoms with Crippen molar-refractivity contribution in [3.8, 4) is 0 Å². The summed E-state index contributed by atoms with van der Waals surface area (Å²) >= 11 is 1.58. The summed E-state index contributed by atoms with van der Waals surface area (Å²) in [7, 11) is 0. The Labute approximate surface area is 137 Å². The summed E-state index contributed by atoms with van der Waals surface area (Å²) in [6.07, 6.45) is 0. The van der Waals surface area contributed by atoms with E-state index in [4.69, 9.17) is 0 Å². The van der Waals surface area contributed by atoms with Crippen LogP contribution in [0.3, 0.4) is 0 Å². The Hall–Kier alpha value is -1.74. The zero-order valence-electron chi connectivity index (χ0n) is 13.6. The van der Waals surface area contributed by atoms with Crippen LogP contribution in [-0.2, 0) is 4.79 Å². The first-order valence-corrected chi connectivity index (χ1v) is 8.44. The van der Waals surface area contributed by atoms with Crippen LogP contribution in [0.5, 0.6) is 0 Å². The van der Waals surface area contributed by atoms with Gasteiger partial charge in [0.25, 0.3) is 0 Å². The number of rotatable bonds is 5. The number of thioether (sulfide) groups is 1. The standard InChI is InChI=1S/C19H23NOS/c1-13-10-11-14(2)18(12-13)15(3)20-19(21)16(4)22-17-8-6-5-7-9-17/h5-12,15-16H,1-4H3,(H,20,21)/t15-,16+/m1/s1. The first kappa shape index (κ1) is 16.6. The number of carbonyl (C=O) groups is 1. The molecule has 22 heavy (non-hydrogen) atoms. The van der Waals surface area contributed by atoms with Crippen LogP contribution in [0.15, 0.2) is 53.4 Å². The molecule has 2 rings (SSSR count). The summed E-state index contributed by atoms with van der Waals surface area (Å²) in [6.45, 7) is 8.15. The molecule has 0 radical (unpaired) electrons. The fourth-order valence-corrected chi connectivity index (χ4v) is 3.29. The van der Waals surface area contributed by atoms with E-state index in [0.29, 0.717) is 0 Å². The molecule has 2 aromatic rings. The lowest BCUT2D eigenvalue weighted by molar-refractivity contribution is -0.120. The van der Waals surface area contributed by atoms with E-state index >= 15 is 0 Å². The fourth-order valence-electron chi connectivity index (χ4n) is 2.39. The Morgan fingerprint density at radius 2 is 1.73 bits per heavy atom. The Bertz CT molecular complexity index is 639. The molecule has 0 heterocycles. The highest BCUT2D eigenvalue weighted by Crippen LogP contribution is 2.24. The summed E-state index contributed by atoms with van der Waals surface area (Å²) in [4.78, 5) is 13.5. The molecule has 0 aliphatic heterocycles. The third-order valence-corrected chi connectivity index (χ3v) is 4.80. The summed E-state index contributed by atoms with van der Waals surface area (Å²) < 4.78 is 0. The lowest BCUT2D eigenvalue weighted by Crippen LogP contribution is -2.33. The highest BCUT2D eigenvalue weighted by molar-refractivity contribution is 8.00. The smallest absolute Gasteiger partial charge is 0.233 e. The molecule has 1 N–H and O–H groups in total. The molecule has 0 bridgehead atoms. The predicted molar refractivity (Wildman–Crippen MR) is 94.2 cm³/mol. The number of nitrogens with one attached hydrogen (secondary N) is 1. The minimum atomic E-state index is -0.116. The van der Waals surface area contributed by atoms with Crippen molar-refractivity contribution in [3.05, 3.63) is 65.2 Å². The highest BCUT2D eigenvalue weighted by Gasteiger charge is 2.18. The number of carbonyl (C=O) groups excluding carboxylic acids is 1. The van der Waals surface area contributed by atoms with Crippen LogP contribution in [0.2, 0.25) is 0 Å². The van der Waals surface area contributed by atoms with E-state index in [0.717, 1.165) is 4.90 Å². The maximum atomic E-state index is 12.4. The molecule has 3 heteroatoms. The van der Waals surface area contributed by atoms with Crippen LogP contribution >= 0.6 is 11.8 Å². The highest BCUT2D eigenvalue weighted by atomic mass is 32.2. The molecule has 0 fully saturated rings. The summed E-state index contributed by atoms with van der Waals surface area (Å²) in [5, 5.41) is 3.01. The Morgan fingerprint density at radius 1 is 1.05 bits per heavy atom. The lowest BCUT2D eigenvalue weighted by Gasteiger charge is -2.20. The topological polar surface area (TPSA) is 29.1 Å². The van der Waals surface area contributed by atoms with Crippen molar-refractivity contribution < 1.29 is 4.79 Å². The van der Waals surface area contributed by atoms with E-state index in [1.165, 1.54) is 16.7 Å². The maximum Gasteiger partial charge on any atom is 0.233 e. The Balaban J connectivity index is 2.00. The molecular formula is C19H23NOS. The largest absolute Gasteiger partial charge is 0.349 e. The molecule has 2 atom stereocenters. The molecule has 0 aliphatic rings. The van der Waals surface area contributed by atoms with Gasteiger partial charge in [0.1, 0.15) is 0 Å². The quantitative estimate of drug-likeness (QED) is 0.813. The summed E-state index contributed by atoms with van der Waals surface area (Å²) in [5.41, 5.74) is 3.61. The number of amides is 1. The van der Waals surface area contributed by atoms with Gasteiger partial charge in [-0.1, -0.05) is 42.0 Å². The fraction of sp³-hybridized carbons (Fsp3) is 0.316. The minimum absolute atomic E-state index is 0.0197. The number of benzene rings is 2. The molecule has 0 aliphatic carbocycles. The van der Waals surface area contributed by atoms with Crippen LogP contribution in [0, 0.1) is 13.8 Å². The third kappa shape index (κ3) is 4.38. The number of hydrogen-bond acceptors (Lipinski definition) is 2. The van der Waals surface area contributed by atoms with E-state index in [2.05, 4.69) is 37.4 Å². The number of hydrogen-bond donors (Lipinski definition) is 1. The van der Waals surface area contributed by atoms with Gasteiger partial charge >= 0.3 is 0 Å². The maximum absolute atomic E-state index is 12.4. The molecule has 0 unspecified atom stereocenters. The molecule has 1 amide bonds. The van der Waals surface area contributed by atoms with Crippen molar-refractivity contribution >= 4 is 17.7 Å². The van der Waals surface area contributed by atoms with Crippen molar-refractivity contribution in [1.29, 1.82) is 0 Å². The predicted octanol–water partition coefficient (Wildman–Crippen LogP) is 4.66. The average Bonchev–Trinajstić information content (AvgIpc) is 2.50. The van der Waals surface area contributed by atoms with Crippen LogP contribution < -0.4 is 5.32 Å². The second-order valence-electron chi connectivity index (χ2n) is 5.66. The van der Waals surface area contributed by atoms with E-state index < -0.39 is 0 Å². The third-order valence-electron chi connectivity index (χ3n) is 3.69. The average molecular weight is 313 g/mol. The van der Waals surface area contributed by atoms with E-state index in [1.54, 1.807) is 11.8 Å². The zero-order chi connectivity index (χ0) is 16.1. The summed E-state index contributed by atoms with van der Waals surface area (Å²) in [6, 6.07) is 16.4. The van der Waals surface area contributed by atoms with Crippen LogP contribution in [0.25, 0.3) is 0 Å². The van der Waals surface area contributed by atoms with Gasteiger partial charge in [-0.2, -0.15) is 0 Å². The first-order valence-electron chi connectivity index (χ1n) is 7.56. The normalized spacial score (nSPS) is 13.5. The molecule has 2 aromatic carbocycles. The molecule has 116 valence electrons.